The van der Waals surface area contributed by atoms with Gasteiger partial charge in [-0.25, -0.2) is 4.79 Å². The van der Waals surface area contributed by atoms with Crippen molar-refractivity contribution in [3.05, 3.63) is 34.7 Å². The Labute approximate surface area is 199 Å². The van der Waals surface area contributed by atoms with Gasteiger partial charge in [-0.3, -0.25) is 19.3 Å². The second-order valence-electron chi connectivity index (χ2n) is 7.53. The van der Waals surface area contributed by atoms with Crippen LogP contribution < -0.4 is 10.1 Å². The number of nitrogens with zero attached hydrogens (tertiary/aromatic N) is 2. The van der Waals surface area contributed by atoms with Crippen molar-refractivity contribution in [1.82, 2.24) is 15.1 Å². The molecular weight excluding hydrogens is 472 g/mol. The van der Waals surface area contributed by atoms with Crippen molar-refractivity contribution in [1.29, 1.82) is 0 Å². The zero-order valence-electron chi connectivity index (χ0n) is 18.5. The predicted molar refractivity (Wildman–Crippen MR) is 120 cm³/mol. The summed E-state index contributed by atoms with van der Waals surface area (Å²) >= 11 is 0.771. The van der Waals surface area contributed by atoms with Gasteiger partial charge >= 0.3 is 12.7 Å². The highest BCUT2D eigenvalue weighted by Crippen LogP contribution is 2.32. The Hall–Kier alpha value is -3.15. The molecule has 0 saturated carbocycles. The Bertz CT molecular complexity index is 948. The number of carbonyl (C=O) groups is 4. The molecule has 34 heavy (non-hydrogen) atoms. The van der Waals surface area contributed by atoms with Crippen molar-refractivity contribution >= 4 is 41.0 Å². The smallest absolute Gasteiger partial charge is 0.409 e. The summed E-state index contributed by atoms with van der Waals surface area (Å²) in [4.78, 5) is 51.8. The average Bonchev–Trinajstić information content (AvgIpc) is 3.07. The van der Waals surface area contributed by atoms with Gasteiger partial charge in [0.2, 0.25) is 5.91 Å². The van der Waals surface area contributed by atoms with Gasteiger partial charge in [-0.15, -0.1) is 0 Å². The number of likely N-dealkylation sites (tertiary alicyclic amines) is 1. The minimum atomic E-state index is -2.93. The van der Waals surface area contributed by atoms with Gasteiger partial charge in [0.15, 0.2) is 0 Å². The van der Waals surface area contributed by atoms with E-state index in [1.165, 1.54) is 30.3 Å². The van der Waals surface area contributed by atoms with Crippen molar-refractivity contribution in [3.63, 3.8) is 0 Å². The summed E-state index contributed by atoms with van der Waals surface area (Å²) in [6.45, 7) is 0.0978. The molecule has 2 heterocycles. The summed E-state index contributed by atoms with van der Waals surface area (Å²) in [5.41, 5.74) is 0.551. The molecule has 9 nitrogen and oxygen atoms in total. The van der Waals surface area contributed by atoms with E-state index < -0.39 is 17.8 Å². The summed E-state index contributed by atoms with van der Waals surface area (Å²) < 4.78 is 33.7. The Morgan fingerprint density at radius 3 is 2.50 bits per heavy atom. The summed E-state index contributed by atoms with van der Waals surface area (Å²) in [6.07, 6.45) is 2.13. The number of halogens is 2. The lowest BCUT2D eigenvalue weighted by Gasteiger charge is -2.30. The number of hydrogen-bond donors (Lipinski definition) is 1. The van der Waals surface area contributed by atoms with E-state index in [9.17, 15) is 28.0 Å². The van der Waals surface area contributed by atoms with Crippen LogP contribution in [0.5, 0.6) is 5.75 Å². The second kappa shape index (κ2) is 11.8. The molecule has 1 aromatic rings. The number of nitrogens with one attached hydrogen (secondary N) is 1. The Morgan fingerprint density at radius 2 is 1.88 bits per heavy atom. The molecule has 2 aliphatic heterocycles. The van der Waals surface area contributed by atoms with Crippen molar-refractivity contribution in [2.75, 3.05) is 32.8 Å². The maximum atomic E-state index is 12.6. The number of alkyl halides is 2. The van der Waals surface area contributed by atoms with Crippen LogP contribution in [0, 0.1) is 5.92 Å². The maximum Gasteiger partial charge on any atom is 0.409 e. The summed E-state index contributed by atoms with van der Waals surface area (Å²) in [7, 11) is 0. The summed E-state index contributed by atoms with van der Waals surface area (Å²) in [6, 6.07) is 5.68. The quantitative estimate of drug-likeness (QED) is 0.550. The fourth-order valence-corrected chi connectivity index (χ4v) is 4.43. The molecule has 0 spiro atoms. The summed E-state index contributed by atoms with van der Waals surface area (Å²) in [5, 5.41) is 2.30. The van der Waals surface area contributed by atoms with E-state index in [0.29, 0.717) is 38.1 Å². The number of amides is 4. The Balaban J connectivity index is 1.46. The number of piperidine rings is 1. The van der Waals surface area contributed by atoms with E-state index in [4.69, 9.17) is 4.74 Å². The van der Waals surface area contributed by atoms with Crippen molar-refractivity contribution in [2.45, 2.75) is 26.4 Å². The van der Waals surface area contributed by atoms with Gasteiger partial charge in [-0.05, 0) is 55.3 Å². The van der Waals surface area contributed by atoms with Gasteiger partial charge in [0, 0.05) is 32.1 Å². The van der Waals surface area contributed by atoms with Gasteiger partial charge in [0.25, 0.3) is 11.1 Å². The molecule has 184 valence electrons. The highest BCUT2D eigenvalue weighted by atomic mass is 32.2. The van der Waals surface area contributed by atoms with E-state index in [1.54, 1.807) is 11.8 Å². The first-order valence-electron chi connectivity index (χ1n) is 10.8. The second-order valence-corrected chi connectivity index (χ2v) is 8.53. The molecule has 1 N–H and O–H groups in total. The third-order valence-corrected chi connectivity index (χ3v) is 6.21. The molecule has 0 radical (unpaired) electrons. The highest BCUT2D eigenvalue weighted by molar-refractivity contribution is 8.18. The molecule has 3 rings (SSSR count). The Morgan fingerprint density at radius 1 is 1.21 bits per heavy atom. The molecule has 0 unspecified atom stereocenters. The topological polar surface area (TPSA) is 105 Å². The third-order valence-electron chi connectivity index (χ3n) is 5.30. The summed E-state index contributed by atoms with van der Waals surface area (Å²) in [5.74, 6) is -0.933. The number of hydrogen-bond acceptors (Lipinski definition) is 7. The van der Waals surface area contributed by atoms with Crippen LogP contribution in [-0.4, -0.2) is 72.3 Å². The van der Waals surface area contributed by atoms with Gasteiger partial charge < -0.3 is 19.7 Å². The SMILES string of the molecule is CCOC(=O)N1CCC(C(=O)NCCN2C(=O)SC(=Cc3ccc(OC(F)F)cc3)C2=O)CC1. The largest absolute Gasteiger partial charge is 0.450 e. The molecule has 2 aliphatic rings. The molecule has 0 aliphatic carbocycles. The number of ether oxygens (including phenoxy) is 2. The number of rotatable bonds is 8. The lowest BCUT2D eigenvalue weighted by molar-refractivity contribution is -0.127. The minimum Gasteiger partial charge on any atom is -0.450 e. The zero-order chi connectivity index (χ0) is 24.7. The molecule has 0 atom stereocenters. The van der Waals surface area contributed by atoms with Gasteiger partial charge in [0.1, 0.15) is 5.75 Å². The first kappa shape index (κ1) is 25.5. The molecule has 0 aromatic heterocycles. The van der Waals surface area contributed by atoms with Crippen molar-refractivity contribution in [2.24, 2.45) is 5.92 Å². The standard InChI is InChI=1S/C22H25F2N3O6S/c1-2-32-21(30)26-10-7-15(8-11-26)18(28)25-9-12-27-19(29)17(34-22(27)31)13-14-3-5-16(6-4-14)33-20(23)24/h3-6,13,15,20H,2,7-12H2,1H3,(H,25,28). The molecule has 12 heteroatoms. The molecule has 1 aromatic carbocycles. The number of thioether (sulfide) groups is 1. The van der Waals surface area contributed by atoms with Crippen LogP contribution in [0.25, 0.3) is 6.08 Å². The van der Waals surface area contributed by atoms with Crippen LogP contribution in [0.15, 0.2) is 29.2 Å². The fourth-order valence-electron chi connectivity index (χ4n) is 3.56. The minimum absolute atomic E-state index is 0.0115. The van der Waals surface area contributed by atoms with Crippen LogP contribution in [0.4, 0.5) is 18.4 Å². The molecule has 2 saturated heterocycles. The van der Waals surface area contributed by atoms with Crippen LogP contribution in [-0.2, 0) is 14.3 Å². The zero-order valence-corrected chi connectivity index (χ0v) is 19.3. The van der Waals surface area contributed by atoms with Crippen molar-refractivity contribution < 1.29 is 37.4 Å². The van der Waals surface area contributed by atoms with Crippen LogP contribution >= 0.6 is 11.8 Å². The molecule has 4 amide bonds. The van der Waals surface area contributed by atoms with E-state index in [0.717, 1.165) is 16.7 Å². The molecule has 0 bridgehead atoms. The Kier molecular flexibility index (Phi) is 8.85. The van der Waals surface area contributed by atoms with Crippen LogP contribution in [0.3, 0.4) is 0 Å². The fraction of sp³-hybridized carbons (Fsp3) is 0.455. The predicted octanol–water partition coefficient (Wildman–Crippen LogP) is 3.31. The lowest BCUT2D eigenvalue weighted by Crippen LogP contribution is -2.44. The maximum absolute atomic E-state index is 12.6. The van der Waals surface area contributed by atoms with Gasteiger partial charge in [0.05, 0.1) is 11.5 Å². The molecular formula is C22H25F2N3O6S. The highest BCUT2D eigenvalue weighted by Gasteiger charge is 2.35. The van der Waals surface area contributed by atoms with Crippen LogP contribution in [0.1, 0.15) is 25.3 Å². The number of imide groups is 1. The lowest BCUT2D eigenvalue weighted by atomic mass is 9.96. The van der Waals surface area contributed by atoms with E-state index >= 15 is 0 Å². The molecule has 2 fully saturated rings. The van der Waals surface area contributed by atoms with Crippen molar-refractivity contribution in [3.8, 4) is 5.75 Å². The first-order chi connectivity index (χ1) is 16.3. The monoisotopic (exact) mass is 497 g/mol. The van der Waals surface area contributed by atoms with Gasteiger partial charge in [-0.1, -0.05) is 12.1 Å². The van der Waals surface area contributed by atoms with E-state index in [2.05, 4.69) is 10.1 Å². The third kappa shape index (κ3) is 6.69. The number of benzene rings is 1. The normalized spacial score (nSPS) is 18.1. The van der Waals surface area contributed by atoms with Gasteiger partial charge in [-0.2, -0.15) is 8.78 Å². The van der Waals surface area contributed by atoms with E-state index in [-0.39, 0.29) is 41.7 Å². The number of carbonyl (C=O) groups excluding carboxylic acids is 4. The van der Waals surface area contributed by atoms with E-state index in [1.807, 2.05) is 0 Å². The van der Waals surface area contributed by atoms with Crippen LogP contribution in [0.2, 0.25) is 0 Å². The average molecular weight is 498 g/mol. The first-order valence-corrected chi connectivity index (χ1v) is 11.6.